The number of primary amides is 1. The Balaban J connectivity index is 2.64. The Hall–Kier alpha value is -2.34. The number of hydrogen-bond donors (Lipinski definition) is 2. The molecule has 1 aromatic heterocycles. The van der Waals surface area contributed by atoms with Gasteiger partial charge in [0.1, 0.15) is 18.1 Å². The Morgan fingerprint density at radius 1 is 1.50 bits per heavy atom. The number of carbonyl (C=O) groups excluding carboxylic acids is 2. The second-order valence-electron chi connectivity index (χ2n) is 4.35. The molecule has 0 saturated carbocycles. The number of nitrogens with zero attached hydrogens (tertiary/aromatic N) is 2. The van der Waals surface area contributed by atoms with Crippen LogP contribution in [0.1, 0.15) is 15.9 Å². The van der Waals surface area contributed by atoms with Crippen molar-refractivity contribution in [1.82, 2.24) is 9.78 Å². The Morgan fingerprint density at radius 3 is 2.80 bits per heavy atom. The van der Waals surface area contributed by atoms with E-state index in [1.807, 2.05) is 13.0 Å². The minimum Gasteiger partial charge on any atom is -0.383 e. The van der Waals surface area contributed by atoms with E-state index in [4.69, 9.17) is 23.1 Å². The zero-order valence-electron chi connectivity index (χ0n) is 10.8. The topological polar surface area (TPSA) is 104 Å². The zero-order chi connectivity index (χ0) is 14.9. The van der Waals surface area contributed by atoms with Gasteiger partial charge in [-0.05, 0) is 24.6 Å². The number of aromatic nitrogens is 2. The molecule has 20 heavy (non-hydrogen) atoms. The highest BCUT2D eigenvalue weighted by Gasteiger charge is 2.19. The van der Waals surface area contributed by atoms with Crippen molar-refractivity contribution in [2.45, 2.75) is 13.5 Å². The van der Waals surface area contributed by atoms with E-state index in [9.17, 15) is 9.59 Å². The minimum absolute atomic E-state index is 0.105. The number of rotatable bonds is 4. The molecule has 104 valence electrons. The van der Waals surface area contributed by atoms with Gasteiger partial charge in [-0.1, -0.05) is 17.7 Å². The van der Waals surface area contributed by atoms with Crippen molar-refractivity contribution in [3.05, 3.63) is 34.3 Å². The van der Waals surface area contributed by atoms with Gasteiger partial charge in [0, 0.05) is 10.6 Å². The van der Waals surface area contributed by atoms with Crippen molar-refractivity contribution >= 4 is 29.6 Å². The van der Waals surface area contributed by atoms with Crippen LogP contribution in [0.2, 0.25) is 5.02 Å². The fourth-order valence-electron chi connectivity index (χ4n) is 1.92. The summed E-state index contributed by atoms with van der Waals surface area (Å²) in [6.45, 7) is 1.68. The average Bonchev–Trinajstić information content (AvgIpc) is 2.68. The van der Waals surface area contributed by atoms with E-state index in [-0.39, 0.29) is 17.9 Å². The van der Waals surface area contributed by atoms with E-state index in [1.165, 1.54) is 4.68 Å². The molecule has 7 heteroatoms. The van der Waals surface area contributed by atoms with E-state index >= 15 is 0 Å². The lowest BCUT2D eigenvalue weighted by Gasteiger charge is -2.04. The largest absolute Gasteiger partial charge is 0.383 e. The van der Waals surface area contributed by atoms with Gasteiger partial charge in [0.15, 0.2) is 6.29 Å². The average molecular weight is 293 g/mol. The monoisotopic (exact) mass is 292 g/mol. The quantitative estimate of drug-likeness (QED) is 0.831. The summed E-state index contributed by atoms with van der Waals surface area (Å²) in [7, 11) is 0. The number of anilines is 1. The zero-order valence-corrected chi connectivity index (χ0v) is 11.5. The van der Waals surface area contributed by atoms with Gasteiger partial charge >= 0.3 is 0 Å². The maximum absolute atomic E-state index is 11.2. The van der Waals surface area contributed by atoms with Gasteiger partial charge in [0.2, 0.25) is 5.91 Å². The normalized spacial score (nSPS) is 10.5. The minimum atomic E-state index is -0.592. The van der Waals surface area contributed by atoms with E-state index < -0.39 is 5.91 Å². The number of benzene rings is 1. The highest BCUT2D eigenvalue weighted by atomic mass is 35.5. The molecule has 1 aromatic carbocycles. The second kappa shape index (κ2) is 5.34. The number of nitrogens with two attached hydrogens (primary N) is 2. The molecular formula is C13H13ClN4O2. The molecule has 0 aliphatic heterocycles. The summed E-state index contributed by atoms with van der Waals surface area (Å²) >= 11 is 5.96. The van der Waals surface area contributed by atoms with Crippen LogP contribution in [0, 0.1) is 6.92 Å². The molecule has 0 radical (unpaired) electrons. The van der Waals surface area contributed by atoms with Gasteiger partial charge in [-0.25, -0.2) is 4.68 Å². The predicted octanol–water partition coefficient (Wildman–Crippen LogP) is 1.39. The van der Waals surface area contributed by atoms with E-state index in [2.05, 4.69) is 5.10 Å². The Kier molecular flexibility index (Phi) is 3.76. The van der Waals surface area contributed by atoms with Gasteiger partial charge in [-0.15, -0.1) is 0 Å². The van der Waals surface area contributed by atoms with Crippen molar-refractivity contribution < 1.29 is 9.59 Å². The molecule has 4 N–H and O–H groups in total. The smallest absolute Gasteiger partial charge is 0.239 e. The third-order valence-corrected chi connectivity index (χ3v) is 3.14. The summed E-state index contributed by atoms with van der Waals surface area (Å²) in [6.07, 6.45) is 0.607. The fraction of sp³-hybridized carbons (Fsp3) is 0.154. The number of carbonyl (C=O) groups is 2. The van der Waals surface area contributed by atoms with Crippen molar-refractivity contribution in [3.63, 3.8) is 0 Å². The number of halogens is 1. The Bertz CT molecular complexity index is 694. The Labute approximate surface area is 120 Å². The number of nitrogen functional groups attached to an aromatic ring is 1. The SMILES string of the molecule is Cc1ccc(Cl)cc1-c1nn(CC(N)=O)c(N)c1C=O. The maximum Gasteiger partial charge on any atom is 0.239 e. The summed E-state index contributed by atoms with van der Waals surface area (Å²) in [5.41, 5.74) is 13.1. The molecule has 0 fully saturated rings. The highest BCUT2D eigenvalue weighted by molar-refractivity contribution is 6.30. The molecule has 0 atom stereocenters. The summed E-state index contributed by atoms with van der Waals surface area (Å²) in [6, 6.07) is 5.25. The molecule has 0 spiro atoms. The van der Waals surface area contributed by atoms with Crippen molar-refractivity contribution in [1.29, 1.82) is 0 Å². The van der Waals surface area contributed by atoms with E-state index in [1.54, 1.807) is 12.1 Å². The standard InChI is InChI=1S/C13H13ClN4O2/c1-7-2-3-8(14)4-9(7)12-10(6-19)13(16)18(17-12)5-11(15)20/h2-4,6H,5,16H2,1H3,(H2,15,20). The Morgan fingerprint density at radius 2 is 2.20 bits per heavy atom. The summed E-state index contributed by atoms with van der Waals surface area (Å²) in [5, 5.41) is 4.71. The van der Waals surface area contributed by atoms with Crippen LogP contribution in [0.5, 0.6) is 0 Å². The van der Waals surface area contributed by atoms with Gasteiger partial charge in [-0.3, -0.25) is 9.59 Å². The predicted molar refractivity (Wildman–Crippen MR) is 76.4 cm³/mol. The van der Waals surface area contributed by atoms with Crippen LogP contribution in [0.4, 0.5) is 5.82 Å². The molecular weight excluding hydrogens is 280 g/mol. The van der Waals surface area contributed by atoms with Gasteiger partial charge in [0.25, 0.3) is 0 Å². The van der Waals surface area contributed by atoms with Gasteiger partial charge in [-0.2, -0.15) is 5.10 Å². The van der Waals surface area contributed by atoms with Crippen molar-refractivity contribution in [3.8, 4) is 11.3 Å². The number of aldehydes is 1. The molecule has 1 amide bonds. The molecule has 0 aliphatic rings. The van der Waals surface area contributed by atoms with E-state index in [0.29, 0.717) is 22.6 Å². The third-order valence-electron chi connectivity index (χ3n) is 2.91. The first-order chi connectivity index (χ1) is 9.43. The third kappa shape index (κ3) is 2.50. The van der Waals surface area contributed by atoms with Crippen LogP contribution < -0.4 is 11.5 Å². The van der Waals surface area contributed by atoms with Crippen LogP contribution in [-0.4, -0.2) is 22.0 Å². The molecule has 0 saturated heterocycles. The molecule has 2 aromatic rings. The first-order valence-corrected chi connectivity index (χ1v) is 6.18. The fourth-order valence-corrected chi connectivity index (χ4v) is 2.09. The molecule has 0 unspecified atom stereocenters. The number of amides is 1. The van der Waals surface area contributed by atoms with Crippen LogP contribution in [0.15, 0.2) is 18.2 Å². The molecule has 0 aliphatic carbocycles. The van der Waals surface area contributed by atoms with Crippen LogP contribution in [0.3, 0.4) is 0 Å². The van der Waals surface area contributed by atoms with Crippen LogP contribution in [-0.2, 0) is 11.3 Å². The second-order valence-corrected chi connectivity index (χ2v) is 4.79. The first-order valence-electron chi connectivity index (χ1n) is 5.80. The maximum atomic E-state index is 11.2. The lowest BCUT2D eigenvalue weighted by molar-refractivity contribution is -0.118. The van der Waals surface area contributed by atoms with Crippen molar-refractivity contribution in [2.24, 2.45) is 5.73 Å². The lowest BCUT2D eigenvalue weighted by Crippen LogP contribution is -2.20. The summed E-state index contributed by atoms with van der Waals surface area (Å²) in [4.78, 5) is 22.2. The van der Waals surface area contributed by atoms with Crippen LogP contribution in [0.25, 0.3) is 11.3 Å². The highest BCUT2D eigenvalue weighted by Crippen LogP contribution is 2.30. The molecule has 6 nitrogen and oxygen atoms in total. The van der Waals surface area contributed by atoms with Gasteiger partial charge in [0.05, 0.1) is 5.56 Å². The van der Waals surface area contributed by atoms with Crippen LogP contribution >= 0.6 is 11.6 Å². The van der Waals surface area contributed by atoms with E-state index in [0.717, 1.165) is 5.56 Å². The lowest BCUT2D eigenvalue weighted by atomic mass is 10.0. The van der Waals surface area contributed by atoms with Gasteiger partial charge < -0.3 is 11.5 Å². The number of hydrogen-bond acceptors (Lipinski definition) is 4. The summed E-state index contributed by atoms with van der Waals surface area (Å²) in [5.74, 6) is -0.487. The summed E-state index contributed by atoms with van der Waals surface area (Å²) < 4.78 is 1.21. The molecule has 1 heterocycles. The molecule has 2 rings (SSSR count). The number of aryl methyl sites for hydroxylation is 1. The first kappa shape index (κ1) is 14.1. The van der Waals surface area contributed by atoms with Crippen molar-refractivity contribution in [2.75, 3.05) is 5.73 Å². The molecule has 0 bridgehead atoms.